The maximum absolute atomic E-state index is 10.9. The van der Waals surface area contributed by atoms with Gasteiger partial charge in [-0.1, -0.05) is 26.0 Å². The van der Waals surface area contributed by atoms with Crippen LogP contribution >= 0.6 is 0 Å². The Morgan fingerprint density at radius 1 is 1.58 bits per heavy atom. The van der Waals surface area contributed by atoms with Crippen LogP contribution in [0.15, 0.2) is 12.2 Å². The number of carbonyl (C=O) groups is 1. The molecule has 0 rings (SSSR count). The summed E-state index contributed by atoms with van der Waals surface area (Å²) in [5.41, 5.74) is -0.619. The van der Waals surface area contributed by atoms with Crippen molar-refractivity contribution in [1.82, 2.24) is 0 Å². The first-order valence-corrected chi connectivity index (χ1v) is 4.29. The van der Waals surface area contributed by atoms with Crippen molar-refractivity contribution in [1.29, 1.82) is 0 Å². The van der Waals surface area contributed by atoms with Crippen LogP contribution in [0.3, 0.4) is 0 Å². The lowest BCUT2D eigenvalue weighted by Gasteiger charge is -2.27. The number of rotatable bonds is 4. The van der Waals surface area contributed by atoms with E-state index in [2.05, 4.69) is 0 Å². The van der Waals surface area contributed by atoms with E-state index in [0.717, 1.165) is 0 Å². The zero-order valence-corrected chi connectivity index (χ0v) is 8.29. The molecule has 2 nitrogen and oxygen atoms in total. The Hall–Kier alpha value is -0.790. The third kappa shape index (κ3) is 2.36. The van der Waals surface area contributed by atoms with Crippen molar-refractivity contribution in [3.63, 3.8) is 0 Å². The van der Waals surface area contributed by atoms with E-state index in [1.807, 2.05) is 32.9 Å². The van der Waals surface area contributed by atoms with Crippen LogP contribution in [0.1, 0.15) is 34.1 Å². The van der Waals surface area contributed by atoms with E-state index < -0.39 is 11.4 Å². The predicted octanol–water partition coefficient (Wildman–Crippen LogP) is 2.70. The third-order valence-corrected chi connectivity index (χ3v) is 2.54. The largest absolute Gasteiger partial charge is 0.481 e. The van der Waals surface area contributed by atoms with Gasteiger partial charge in [0, 0.05) is 0 Å². The molecule has 0 saturated heterocycles. The van der Waals surface area contributed by atoms with Gasteiger partial charge in [-0.2, -0.15) is 0 Å². The van der Waals surface area contributed by atoms with Crippen LogP contribution in [0.5, 0.6) is 0 Å². The van der Waals surface area contributed by atoms with Crippen molar-refractivity contribution in [3.05, 3.63) is 12.2 Å². The highest BCUT2D eigenvalue weighted by molar-refractivity contribution is 5.74. The molecule has 0 aliphatic carbocycles. The fourth-order valence-corrected chi connectivity index (χ4v) is 0.933. The zero-order valence-electron chi connectivity index (χ0n) is 8.29. The molecule has 0 spiro atoms. The van der Waals surface area contributed by atoms with Gasteiger partial charge in [0.2, 0.25) is 0 Å². The summed E-state index contributed by atoms with van der Waals surface area (Å²) in [6, 6.07) is 0. The van der Waals surface area contributed by atoms with E-state index in [1.165, 1.54) is 0 Å². The number of carboxylic acids is 1. The van der Waals surface area contributed by atoms with E-state index in [1.54, 1.807) is 6.92 Å². The van der Waals surface area contributed by atoms with Gasteiger partial charge in [-0.25, -0.2) is 0 Å². The van der Waals surface area contributed by atoms with E-state index in [0.29, 0.717) is 6.42 Å². The molecule has 0 bridgehead atoms. The molecule has 12 heavy (non-hydrogen) atoms. The molecule has 0 aliphatic rings. The molecule has 0 radical (unpaired) electrons. The molecule has 0 aliphatic heterocycles. The molecule has 0 amide bonds. The van der Waals surface area contributed by atoms with Crippen molar-refractivity contribution in [2.24, 2.45) is 11.3 Å². The molecule has 1 unspecified atom stereocenters. The fraction of sp³-hybridized carbons (Fsp3) is 0.700. The average Bonchev–Trinajstić information content (AvgIpc) is 1.99. The summed E-state index contributed by atoms with van der Waals surface area (Å²) >= 11 is 0. The third-order valence-electron chi connectivity index (χ3n) is 2.54. The average molecular weight is 170 g/mol. The first-order valence-electron chi connectivity index (χ1n) is 4.29. The smallest absolute Gasteiger partial charge is 0.309 e. The number of hydrogen-bond donors (Lipinski definition) is 1. The molecular weight excluding hydrogens is 152 g/mol. The standard InChI is InChI=1S/C10H18O2/c1-5-6-7-10(4,8(2)3)9(11)12/h5-6,8H,7H2,1-4H3,(H,11,12)/b6-5+. The van der Waals surface area contributed by atoms with Gasteiger partial charge in [0.1, 0.15) is 0 Å². The second-order valence-corrected chi connectivity index (χ2v) is 3.65. The Labute approximate surface area is 74.3 Å². The van der Waals surface area contributed by atoms with Crippen LogP contribution in [-0.2, 0) is 4.79 Å². The first kappa shape index (κ1) is 11.2. The molecule has 0 aromatic rings. The van der Waals surface area contributed by atoms with E-state index in [9.17, 15) is 4.79 Å². The molecule has 1 N–H and O–H groups in total. The summed E-state index contributed by atoms with van der Waals surface area (Å²) in [4.78, 5) is 10.9. The molecule has 0 aromatic carbocycles. The van der Waals surface area contributed by atoms with Crippen LogP contribution in [-0.4, -0.2) is 11.1 Å². The van der Waals surface area contributed by atoms with Gasteiger partial charge >= 0.3 is 5.97 Å². The topological polar surface area (TPSA) is 37.3 Å². The fourth-order valence-electron chi connectivity index (χ4n) is 0.933. The van der Waals surface area contributed by atoms with Crippen LogP contribution in [0, 0.1) is 11.3 Å². The summed E-state index contributed by atoms with van der Waals surface area (Å²) in [6.07, 6.45) is 4.41. The molecule has 0 aromatic heterocycles. The minimum atomic E-state index is -0.712. The normalized spacial score (nSPS) is 16.8. The minimum Gasteiger partial charge on any atom is -0.481 e. The summed E-state index contributed by atoms with van der Waals surface area (Å²) in [7, 11) is 0. The van der Waals surface area contributed by atoms with E-state index in [-0.39, 0.29) is 5.92 Å². The van der Waals surface area contributed by atoms with Gasteiger partial charge in [0.15, 0.2) is 0 Å². The molecule has 1 atom stereocenters. The monoisotopic (exact) mass is 170 g/mol. The number of carboxylic acid groups (broad SMARTS) is 1. The number of allylic oxidation sites excluding steroid dienone is 2. The molecule has 2 heteroatoms. The van der Waals surface area contributed by atoms with Crippen LogP contribution in [0.2, 0.25) is 0 Å². The van der Waals surface area contributed by atoms with Crippen molar-refractivity contribution >= 4 is 5.97 Å². The second-order valence-electron chi connectivity index (χ2n) is 3.65. The van der Waals surface area contributed by atoms with Gasteiger partial charge in [0.05, 0.1) is 5.41 Å². The Kier molecular flexibility index (Phi) is 4.01. The minimum absolute atomic E-state index is 0.159. The summed E-state index contributed by atoms with van der Waals surface area (Å²) in [5, 5.41) is 9.00. The molecule has 0 fully saturated rings. The highest BCUT2D eigenvalue weighted by Crippen LogP contribution is 2.31. The highest BCUT2D eigenvalue weighted by atomic mass is 16.4. The molecule has 0 heterocycles. The van der Waals surface area contributed by atoms with Crippen molar-refractivity contribution < 1.29 is 9.90 Å². The Morgan fingerprint density at radius 2 is 2.08 bits per heavy atom. The maximum atomic E-state index is 10.9. The van der Waals surface area contributed by atoms with Gasteiger partial charge in [-0.3, -0.25) is 4.79 Å². The van der Waals surface area contributed by atoms with Crippen LogP contribution in [0.25, 0.3) is 0 Å². The van der Waals surface area contributed by atoms with Gasteiger partial charge < -0.3 is 5.11 Å². The second kappa shape index (κ2) is 4.29. The van der Waals surface area contributed by atoms with Crippen molar-refractivity contribution in [2.75, 3.05) is 0 Å². The first-order chi connectivity index (χ1) is 5.45. The lowest BCUT2D eigenvalue weighted by atomic mass is 9.76. The van der Waals surface area contributed by atoms with E-state index in [4.69, 9.17) is 5.11 Å². The maximum Gasteiger partial charge on any atom is 0.309 e. The summed E-state index contributed by atoms with van der Waals surface area (Å²) in [5.74, 6) is -0.554. The summed E-state index contributed by atoms with van der Waals surface area (Å²) in [6.45, 7) is 7.58. The van der Waals surface area contributed by atoms with Gasteiger partial charge in [-0.05, 0) is 26.2 Å². The summed E-state index contributed by atoms with van der Waals surface area (Å²) < 4.78 is 0. The number of aliphatic carboxylic acids is 1. The Balaban J connectivity index is 4.51. The van der Waals surface area contributed by atoms with Crippen molar-refractivity contribution in [2.45, 2.75) is 34.1 Å². The zero-order chi connectivity index (χ0) is 9.78. The van der Waals surface area contributed by atoms with Gasteiger partial charge in [-0.15, -0.1) is 0 Å². The van der Waals surface area contributed by atoms with Crippen LogP contribution in [0.4, 0.5) is 0 Å². The van der Waals surface area contributed by atoms with Gasteiger partial charge in [0.25, 0.3) is 0 Å². The molecular formula is C10H18O2. The van der Waals surface area contributed by atoms with Crippen molar-refractivity contribution in [3.8, 4) is 0 Å². The van der Waals surface area contributed by atoms with Crippen LogP contribution < -0.4 is 0 Å². The highest BCUT2D eigenvalue weighted by Gasteiger charge is 2.34. The quantitative estimate of drug-likeness (QED) is 0.659. The van der Waals surface area contributed by atoms with E-state index >= 15 is 0 Å². The molecule has 0 saturated carbocycles. The lowest BCUT2D eigenvalue weighted by molar-refractivity contribution is -0.150. The lowest BCUT2D eigenvalue weighted by Crippen LogP contribution is -2.32. The number of hydrogen-bond acceptors (Lipinski definition) is 1. The Morgan fingerprint density at radius 3 is 2.33 bits per heavy atom. The molecule has 70 valence electrons. The SMILES string of the molecule is C/C=C/CC(C)(C(=O)O)C(C)C. The predicted molar refractivity (Wildman–Crippen MR) is 50.0 cm³/mol. The Bertz CT molecular complexity index is 182.